The predicted octanol–water partition coefficient (Wildman–Crippen LogP) is 5.40. The third kappa shape index (κ3) is 7.38. The van der Waals surface area contributed by atoms with Crippen molar-refractivity contribution >= 4 is 46.6 Å². The lowest BCUT2D eigenvalue weighted by atomic mass is 9.91. The summed E-state index contributed by atoms with van der Waals surface area (Å²) in [6.45, 7) is 1.48. The Hall–Kier alpha value is -4.33. The molecule has 12 nitrogen and oxygen atoms in total. The van der Waals surface area contributed by atoms with Crippen LogP contribution in [-0.2, 0) is 42.8 Å². The van der Waals surface area contributed by atoms with E-state index in [0.717, 1.165) is 72.0 Å². The number of imide groups is 1. The number of nitrogens with one attached hydrogen (secondary N) is 3. The van der Waals surface area contributed by atoms with E-state index in [9.17, 15) is 14.4 Å². The van der Waals surface area contributed by atoms with Gasteiger partial charge in [-0.15, -0.1) is 11.3 Å². The maximum atomic E-state index is 13.0. The molecule has 2 aliphatic heterocycles. The molecule has 3 amide bonds. The number of carbonyl (C=O) groups is 3. The molecule has 0 radical (unpaired) electrons. The Kier molecular flexibility index (Phi) is 9.51. The van der Waals surface area contributed by atoms with Gasteiger partial charge in [0.25, 0.3) is 5.91 Å². The molecule has 4 aliphatic rings. The quantitative estimate of drug-likeness (QED) is 0.164. The van der Waals surface area contributed by atoms with Crippen LogP contribution in [0, 0.1) is 5.92 Å². The first-order valence-electron chi connectivity index (χ1n) is 17.8. The molecule has 0 unspecified atom stereocenters. The lowest BCUT2D eigenvalue weighted by Crippen LogP contribution is -2.52. The number of aryl methyl sites for hydroxylation is 1. The average Bonchev–Trinajstić information content (AvgIpc) is 3.63. The van der Waals surface area contributed by atoms with Crippen LogP contribution in [0.5, 0.6) is 5.75 Å². The molecule has 1 atom stereocenters. The minimum Gasteiger partial charge on any atom is -0.488 e. The Morgan fingerprint density at radius 3 is 2.55 bits per heavy atom. The van der Waals surface area contributed by atoms with Gasteiger partial charge in [-0.05, 0) is 75.0 Å². The van der Waals surface area contributed by atoms with Crippen molar-refractivity contribution in [1.29, 1.82) is 0 Å². The van der Waals surface area contributed by atoms with Gasteiger partial charge in [-0.2, -0.15) is 5.10 Å². The van der Waals surface area contributed by atoms with Gasteiger partial charge in [-0.25, -0.2) is 9.97 Å². The van der Waals surface area contributed by atoms with Crippen LogP contribution in [0.25, 0.3) is 11.3 Å². The zero-order chi connectivity index (χ0) is 35.1. The predicted molar refractivity (Wildman–Crippen MR) is 193 cm³/mol. The Morgan fingerprint density at radius 2 is 1.78 bits per heavy atom. The van der Waals surface area contributed by atoms with Crippen LogP contribution in [0.4, 0.5) is 5.95 Å². The van der Waals surface area contributed by atoms with E-state index in [1.165, 1.54) is 35.4 Å². The number of aromatic nitrogens is 4. The lowest BCUT2D eigenvalue weighted by Gasteiger charge is -2.30. The fourth-order valence-electron chi connectivity index (χ4n) is 7.39. The Bertz CT molecular complexity index is 1950. The highest BCUT2D eigenvalue weighted by molar-refractivity contribution is 7.10. The summed E-state index contributed by atoms with van der Waals surface area (Å²) in [6, 6.07) is 8.24. The third-order valence-corrected chi connectivity index (χ3v) is 11.9. The first kappa shape index (κ1) is 33.8. The van der Waals surface area contributed by atoms with Crippen LogP contribution < -0.4 is 20.7 Å². The lowest BCUT2D eigenvalue weighted by molar-refractivity contribution is -0.136. The Morgan fingerprint density at radius 1 is 1.00 bits per heavy atom. The maximum absolute atomic E-state index is 13.0. The van der Waals surface area contributed by atoms with E-state index < -0.39 is 11.9 Å². The summed E-state index contributed by atoms with van der Waals surface area (Å²) >= 11 is 8.08. The van der Waals surface area contributed by atoms with Gasteiger partial charge in [-0.1, -0.05) is 23.7 Å². The van der Waals surface area contributed by atoms with Crippen molar-refractivity contribution in [1.82, 2.24) is 35.3 Å². The molecule has 3 aromatic heterocycles. The molecule has 0 bridgehead atoms. The van der Waals surface area contributed by atoms with Gasteiger partial charge in [0.2, 0.25) is 17.8 Å². The van der Waals surface area contributed by atoms with Gasteiger partial charge < -0.3 is 20.3 Å². The Balaban J connectivity index is 0.790. The van der Waals surface area contributed by atoms with Crippen LogP contribution in [0.15, 0.2) is 42.0 Å². The SMILES string of the molecule is Cn1ncc(-c2nc(N[C@H]3CC[C@H](NCc4ccc(OCc5scc6c5CN([C@H]5CCC(=O)NC5=O)C6=O)cc4)CC3)ncc2Cl)c1CC1CC1. The monoisotopic (exact) mass is 728 g/mol. The van der Waals surface area contributed by atoms with Crippen molar-refractivity contribution in [2.75, 3.05) is 5.32 Å². The van der Waals surface area contributed by atoms with Gasteiger partial charge >= 0.3 is 0 Å². The third-order valence-electron chi connectivity index (χ3n) is 10.6. The van der Waals surface area contributed by atoms with E-state index in [-0.39, 0.29) is 18.2 Å². The van der Waals surface area contributed by atoms with Crippen molar-refractivity contribution in [3.63, 3.8) is 0 Å². The standard InChI is InChI=1S/C37H41ClN8O4S/c1-45-31(14-21-2-3-21)26(16-41-45)34-29(38)17-40-37(44-34)42-24-8-6-23(7-9-24)39-15-22-4-10-25(11-5-22)50-19-32-27-18-46(36(49)28(27)20-51-32)30-12-13-33(47)43-35(30)48/h4-5,10-11,16-17,20-21,23-24,30,39H,2-3,6-9,12-15,18-19H2,1H3,(H,40,42,44)(H,43,47,48)/t23-,24-,30-/m0/s1. The topological polar surface area (TPSA) is 143 Å². The number of benzene rings is 1. The second-order valence-electron chi connectivity index (χ2n) is 14.1. The molecule has 4 aromatic rings. The number of hydrogen-bond acceptors (Lipinski definition) is 10. The molecule has 8 rings (SSSR count). The van der Waals surface area contributed by atoms with E-state index in [1.807, 2.05) is 35.4 Å². The highest BCUT2D eigenvalue weighted by Crippen LogP contribution is 2.37. The van der Waals surface area contributed by atoms with Crippen molar-refractivity contribution in [2.24, 2.45) is 13.0 Å². The number of nitrogens with zero attached hydrogens (tertiary/aromatic N) is 5. The van der Waals surface area contributed by atoms with Crippen molar-refractivity contribution in [3.8, 4) is 17.0 Å². The molecule has 1 aromatic carbocycles. The number of piperidine rings is 1. The normalized spacial score (nSPS) is 21.9. The molecule has 5 heterocycles. The number of amides is 3. The van der Waals surface area contributed by atoms with E-state index >= 15 is 0 Å². The molecular formula is C37H41ClN8O4S. The molecule has 14 heteroatoms. The van der Waals surface area contributed by atoms with Gasteiger partial charge in [0.1, 0.15) is 18.4 Å². The molecule has 51 heavy (non-hydrogen) atoms. The number of hydrogen-bond donors (Lipinski definition) is 3. The number of thiophene rings is 1. The minimum atomic E-state index is -0.616. The summed E-state index contributed by atoms with van der Waals surface area (Å²) in [5.74, 6) is 1.25. The van der Waals surface area contributed by atoms with Gasteiger partial charge in [-0.3, -0.25) is 24.4 Å². The van der Waals surface area contributed by atoms with E-state index in [2.05, 4.69) is 38.2 Å². The molecule has 2 aliphatic carbocycles. The smallest absolute Gasteiger partial charge is 0.256 e. The van der Waals surface area contributed by atoms with Crippen LogP contribution in [0.2, 0.25) is 5.02 Å². The van der Waals surface area contributed by atoms with Crippen LogP contribution in [0.3, 0.4) is 0 Å². The average molecular weight is 729 g/mol. The minimum absolute atomic E-state index is 0.160. The second-order valence-corrected chi connectivity index (χ2v) is 15.5. The largest absolute Gasteiger partial charge is 0.488 e. The molecule has 2 saturated carbocycles. The van der Waals surface area contributed by atoms with Gasteiger partial charge in [0, 0.05) is 65.7 Å². The van der Waals surface area contributed by atoms with E-state index in [1.54, 1.807) is 11.1 Å². The Labute approximate surface area is 305 Å². The fraction of sp³-hybridized carbons (Fsp3) is 0.459. The molecule has 0 spiro atoms. The van der Waals surface area contributed by atoms with Crippen molar-refractivity contribution < 1.29 is 19.1 Å². The van der Waals surface area contributed by atoms with Crippen LogP contribution in [0.1, 0.15) is 83.4 Å². The molecular weight excluding hydrogens is 688 g/mol. The summed E-state index contributed by atoms with van der Waals surface area (Å²) in [5.41, 5.74) is 5.64. The highest BCUT2D eigenvalue weighted by Gasteiger charge is 2.40. The molecule has 3 N–H and O–H groups in total. The maximum Gasteiger partial charge on any atom is 0.256 e. The summed E-state index contributed by atoms with van der Waals surface area (Å²) in [6.07, 6.45) is 11.9. The number of anilines is 1. The first-order chi connectivity index (χ1) is 24.8. The van der Waals surface area contributed by atoms with E-state index in [0.29, 0.717) is 48.2 Å². The molecule has 3 fully saturated rings. The molecule has 1 saturated heterocycles. The van der Waals surface area contributed by atoms with E-state index in [4.69, 9.17) is 21.3 Å². The molecule has 266 valence electrons. The zero-order valence-corrected chi connectivity index (χ0v) is 30.1. The summed E-state index contributed by atoms with van der Waals surface area (Å²) in [7, 11) is 1.98. The van der Waals surface area contributed by atoms with Crippen LogP contribution >= 0.6 is 22.9 Å². The van der Waals surface area contributed by atoms with Gasteiger partial charge in [0.05, 0.1) is 28.7 Å². The zero-order valence-electron chi connectivity index (χ0n) is 28.5. The summed E-state index contributed by atoms with van der Waals surface area (Å²) in [4.78, 5) is 48.8. The van der Waals surface area contributed by atoms with Crippen LogP contribution in [-0.4, -0.2) is 60.5 Å². The number of rotatable bonds is 12. The summed E-state index contributed by atoms with van der Waals surface area (Å²) < 4.78 is 8.05. The van der Waals surface area contributed by atoms with Crippen molar-refractivity contribution in [2.45, 2.75) is 95.6 Å². The van der Waals surface area contributed by atoms with Crippen molar-refractivity contribution in [3.05, 3.63) is 74.3 Å². The number of fused-ring (bicyclic) bond motifs is 1. The number of halogens is 1. The number of carbonyl (C=O) groups excluding carboxylic acids is 3. The second kappa shape index (κ2) is 14.4. The first-order valence-corrected chi connectivity index (χ1v) is 19.0. The van der Waals surface area contributed by atoms with Gasteiger partial charge in [0.15, 0.2) is 0 Å². The summed E-state index contributed by atoms with van der Waals surface area (Å²) in [5, 5.41) is 16.5. The highest BCUT2D eigenvalue weighted by atomic mass is 35.5. The fourth-order valence-corrected chi connectivity index (χ4v) is 8.53. The number of ether oxygens (including phenoxy) is 1.